The predicted molar refractivity (Wildman–Crippen MR) is 142 cm³/mol. The highest BCUT2D eigenvalue weighted by molar-refractivity contribution is 6.53. The van der Waals surface area contributed by atoms with Crippen LogP contribution in [0.15, 0.2) is 77.5 Å². The van der Waals surface area contributed by atoms with E-state index >= 15 is 0 Å². The molecule has 1 heterocycles. The number of nitrogens with one attached hydrogen (secondary N) is 2. The van der Waals surface area contributed by atoms with Crippen LogP contribution in [0.25, 0.3) is 0 Å². The fourth-order valence-corrected chi connectivity index (χ4v) is 4.24. The van der Waals surface area contributed by atoms with Crippen molar-refractivity contribution >= 4 is 58.0 Å². The summed E-state index contributed by atoms with van der Waals surface area (Å²) in [6.45, 7) is 4.10. The molecule has 3 aromatic rings. The number of benzene rings is 3. The van der Waals surface area contributed by atoms with E-state index in [-0.39, 0.29) is 34.0 Å². The van der Waals surface area contributed by atoms with Gasteiger partial charge in [0.1, 0.15) is 16.5 Å². The molecule has 1 aliphatic heterocycles. The molecule has 9 heteroatoms. The van der Waals surface area contributed by atoms with E-state index in [2.05, 4.69) is 24.5 Å². The Morgan fingerprint density at radius 2 is 1.69 bits per heavy atom. The number of halogens is 2. The Kier molecular flexibility index (Phi) is 7.33. The standard InChI is InChI=1S/C27H23Cl2N3O4/c1-15(2)19-9-4-5-10-20(19)31-25(33)16-7-6-8-18(13-16)30-24-23(29)26(34)32(27(24)35)21-14-17(28)11-12-22(21)36-3/h4-15,30H,1-3H3,(H,31,33). The second-order valence-corrected chi connectivity index (χ2v) is 9.17. The summed E-state index contributed by atoms with van der Waals surface area (Å²) >= 11 is 12.3. The first kappa shape index (κ1) is 25.3. The van der Waals surface area contributed by atoms with E-state index in [9.17, 15) is 14.4 Å². The average Bonchev–Trinajstić information content (AvgIpc) is 3.07. The van der Waals surface area contributed by atoms with Crippen molar-refractivity contribution in [3.05, 3.63) is 93.6 Å². The fraction of sp³-hybridized carbons (Fsp3) is 0.148. The van der Waals surface area contributed by atoms with Crippen LogP contribution in [0.1, 0.15) is 35.7 Å². The topological polar surface area (TPSA) is 87.7 Å². The first-order valence-corrected chi connectivity index (χ1v) is 11.9. The lowest BCUT2D eigenvalue weighted by atomic mass is 10.0. The summed E-state index contributed by atoms with van der Waals surface area (Å²) in [4.78, 5) is 39.9. The van der Waals surface area contributed by atoms with Crippen molar-refractivity contribution in [1.29, 1.82) is 0 Å². The summed E-state index contributed by atoms with van der Waals surface area (Å²) in [7, 11) is 1.42. The number of carbonyl (C=O) groups excluding carboxylic acids is 3. The van der Waals surface area contributed by atoms with Crippen LogP contribution < -0.4 is 20.3 Å². The third kappa shape index (κ3) is 4.94. The minimum atomic E-state index is -0.719. The van der Waals surface area contributed by atoms with Crippen LogP contribution in [0.5, 0.6) is 5.75 Å². The molecule has 184 valence electrons. The van der Waals surface area contributed by atoms with Gasteiger partial charge in [-0.3, -0.25) is 14.4 Å². The summed E-state index contributed by atoms with van der Waals surface area (Å²) < 4.78 is 5.28. The molecule has 3 amide bonds. The molecular weight excluding hydrogens is 501 g/mol. The van der Waals surface area contributed by atoms with Gasteiger partial charge in [-0.2, -0.15) is 0 Å². The van der Waals surface area contributed by atoms with Gasteiger partial charge in [-0.05, 0) is 53.9 Å². The lowest BCUT2D eigenvalue weighted by Crippen LogP contribution is -2.32. The zero-order valence-corrected chi connectivity index (χ0v) is 21.3. The number of para-hydroxylation sites is 1. The van der Waals surface area contributed by atoms with E-state index in [1.165, 1.54) is 13.2 Å². The summed E-state index contributed by atoms with van der Waals surface area (Å²) in [5.74, 6) is -1.19. The maximum atomic E-state index is 13.2. The number of carbonyl (C=O) groups is 3. The van der Waals surface area contributed by atoms with Crippen LogP contribution in [0.4, 0.5) is 17.1 Å². The highest BCUT2D eigenvalue weighted by Crippen LogP contribution is 2.37. The van der Waals surface area contributed by atoms with Gasteiger partial charge in [0.25, 0.3) is 17.7 Å². The van der Waals surface area contributed by atoms with Gasteiger partial charge in [0, 0.05) is 22.0 Å². The van der Waals surface area contributed by atoms with Crippen molar-refractivity contribution in [2.24, 2.45) is 0 Å². The van der Waals surface area contributed by atoms with Crippen molar-refractivity contribution in [3.63, 3.8) is 0 Å². The Labute approximate surface area is 218 Å². The number of hydrogen-bond donors (Lipinski definition) is 2. The van der Waals surface area contributed by atoms with Gasteiger partial charge in [-0.1, -0.05) is 61.3 Å². The summed E-state index contributed by atoms with van der Waals surface area (Å²) in [5, 5.41) is 5.86. The van der Waals surface area contributed by atoms with E-state index in [1.807, 2.05) is 24.3 Å². The largest absolute Gasteiger partial charge is 0.495 e. The van der Waals surface area contributed by atoms with Crippen LogP contribution in [0.3, 0.4) is 0 Å². The van der Waals surface area contributed by atoms with Gasteiger partial charge < -0.3 is 15.4 Å². The number of hydrogen-bond acceptors (Lipinski definition) is 5. The van der Waals surface area contributed by atoms with Gasteiger partial charge in [-0.25, -0.2) is 4.90 Å². The molecule has 0 saturated heterocycles. The molecule has 0 aromatic heterocycles. The third-order valence-corrected chi connectivity index (χ3v) is 6.22. The van der Waals surface area contributed by atoms with Crippen LogP contribution in [0.2, 0.25) is 5.02 Å². The number of nitrogens with zero attached hydrogens (tertiary/aromatic N) is 1. The molecule has 0 atom stereocenters. The summed E-state index contributed by atoms with van der Waals surface area (Å²) in [5.41, 5.74) is 2.57. The van der Waals surface area contributed by atoms with Gasteiger partial charge >= 0.3 is 0 Å². The molecule has 0 fully saturated rings. The lowest BCUT2D eigenvalue weighted by Gasteiger charge is -2.18. The minimum absolute atomic E-state index is 0.119. The first-order chi connectivity index (χ1) is 17.2. The van der Waals surface area contributed by atoms with Crippen LogP contribution in [-0.2, 0) is 9.59 Å². The van der Waals surface area contributed by atoms with Crippen LogP contribution in [-0.4, -0.2) is 24.8 Å². The van der Waals surface area contributed by atoms with Crippen molar-refractivity contribution in [2.75, 3.05) is 22.6 Å². The normalized spacial score (nSPS) is 13.4. The highest BCUT2D eigenvalue weighted by Gasteiger charge is 2.40. The SMILES string of the molecule is COc1ccc(Cl)cc1N1C(=O)C(Cl)=C(Nc2cccc(C(=O)Nc3ccccc3C(C)C)c2)C1=O. The molecule has 0 radical (unpaired) electrons. The predicted octanol–water partition coefficient (Wildman–Crippen LogP) is 6.16. The molecule has 0 saturated carbocycles. The molecule has 0 spiro atoms. The van der Waals surface area contributed by atoms with Crippen LogP contribution >= 0.6 is 23.2 Å². The molecule has 0 unspecified atom stereocenters. The van der Waals surface area contributed by atoms with Crippen molar-refractivity contribution in [1.82, 2.24) is 0 Å². The maximum Gasteiger partial charge on any atom is 0.283 e. The Morgan fingerprint density at radius 1 is 0.944 bits per heavy atom. The zero-order valence-electron chi connectivity index (χ0n) is 19.8. The molecule has 1 aliphatic rings. The van der Waals surface area contributed by atoms with Crippen molar-refractivity contribution in [2.45, 2.75) is 19.8 Å². The van der Waals surface area contributed by atoms with Gasteiger partial charge in [0.05, 0.1) is 12.8 Å². The van der Waals surface area contributed by atoms with E-state index in [0.717, 1.165) is 16.2 Å². The number of rotatable bonds is 7. The number of ether oxygens (including phenoxy) is 1. The summed E-state index contributed by atoms with van der Waals surface area (Å²) in [6, 6.07) is 18.7. The number of anilines is 3. The molecule has 7 nitrogen and oxygen atoms in total. The number of methoxy groups -OCH3 is 1. The molecule has 3 aromatic carbocycles. The third-order valence-electron chi connectivity index (χ3n) is 5.63. The van der Waals surface area contributed by atoms with Crippen molar-refractivity contribution < 1.29 is 19.1 Å². The average molecular weight is 524 g/mol. The molecule has 36 heavy (non-hydrogen) atoms. The van der Waals surface area contributed by atoms with Gasteiger partial charge in [0.15, 0.2) is 0 Å². The second kappa shape index (κ2) is 10.4. The van der Waals surface area contributed by atoms with Gasteiger partial charge in [-0.15, -0.1) is 0 Å². The first-order valence-electron chi connectivity index (χ1n) is 11.1. The maximum absolute atomic E-state index is 13.2. The van der Waals surface area contributed by atoms with E-state index in [1.54, 1.807) is 36.4 Å². The van der Waals surface area contributed by atoms with E-state index in [4.69, 9.17) is 27.9 Å². The van der Waals surface area contributed by atoms with E-state index in [0.29, 0.717) is 16.3 Å². The highest BCUT2D eigenvalue weighted by atomic mass is 35.5. The number of amides is 3. The molecule has 0 bridgehead atoms. The Hall–Kier alpha value is -3.81. The Balaban J connectivity index is 1.57. The number of imide groups is 1. The smallest absolute Gasteiger partial charge is 0.283 e. The fourth-order valence-electron chi connectivity index (χ4n) is 3.86. The minimum Gasteiger partial charge on any atom is -0.495 e. The Morgan fingerprint density at radius 3 is 2.42 bits per heavy atom. The molecule has 0 aliphatic carbocycles. The quantitative estimate of drug-likeness (QED) is 0.362. The molecule has 2 N–H and O–H groups in total. The van der Waals surface area contributed by atoms with Crippen molar-refractivity contribution in [3.8, 4) is 5.75 Å². The molecule has 4 rings (SSSR count). The Bertz CT molecular complexity index is 1400. The monoisotopic (exact) mass is 523 g/mol. The summed E-state index contributed by atoms with van der Waals surface area (Å²) in [6.07, 6.45) is 0. The van der Waals surface area contributed by atoms with E-state index < -0.39 is 11.8 Å². The second-order valence-electron chi connectivity index (χ2n) is 8.35. The molecular formula is C27H23Cl2N3O4. The van der Waals surface area contributed by atoms with Gasteiger partial charge in [0.2, 0.25) is 0 Å². The lowest BCUT2D eigenvalue weighted by molar-refractivity contribution is -0.120. The zero-order chi connectivity index (χ0) is 26.0. The van der Waals surface area contributed by atoms with Crippen LogP contribution in [0, 0.1) is 0 Å².